The van der Waals surface area contributed by atoms with Gasteiger partial charge in [0.2, 0.25) is 5.91 Å². The summed E-state index contributed by atoms with van der Waals surface area (Å²) in [5.74, 6) is 0.486. The van der Waals surface area contributed by atoms with Gasteiger partial charge in [0.1, 0.15) is 0 Å². The maximum Gasteiger partial charge on any atom is 0.225 e. The van der Waals surface area contributed by atoms with Gasteiger partial charge in [0, 0.05) is 19.5 Å². The Morgan fingerprint density at radius 1 is 1.36 bits per heavy atom. The number of anilines is 1. The van der Waals surface area contributed by atoms with Crippen molar-refractivity contribution in [2.45, 2.75) is 19.3 Å². The highest BCUT2D eigenvalue weighted by molar-refractivity contribution is 6.39. The normalized spacial score (nSPS) is 18.6. The van der Waals surface area contributed by atoms with Crippen LogP contribution in [0.1, 0.15) is 19.3 Å². The molecule has 1 heterocycles. The van der Waals surface area contributed by atoms with E-state index in [4.69, 9.17) is 28.9 Å². The molecule has 0 bridgehead atoms. The lowest BCUT2D eigenvalue weighted by Gasteiger charge is -2.31. The lowest BCUT2D eigenvalue weighted by atomic mass is 9.98. The van der Waals surface area contributed by atoms with Crippen LogP contribution in [0.4, 0.5) is 5.69 Å². The fourth-order valence-electron chi connectivity index (χ4n) is 2.63. The van der Waals surface area contributed by atoms with Crippen LogP contribution in [0.3, 0.4) is 0 Å². The van der Waals surface area contributed by atoms with Crippen molar-refractivity contribution in [3.05, 3.63) is 28.2 Å². The van der Waals surface area contributed by atoms with Crippen molar-refractivity contribution in [1.29, 1.82) is 0 Å². The molecule has 4 nitrogen and oxygen atoms in total. The number of benzene rings is 1. The SMILES string of the molecule is Cl.NCC1CCCN(CCC(=O)Nc2c(Cl)cccc2Cl)C1. The first-order valence-corrected chi connectivity index (χ1v) is 8.02. The third kappa shape index (κ3) is 5.60. The number of nitrogens with two attached hydrogens (primary N) is 1. The summed E-state index contributed by atoms with van der Waals surface area (Å²) in [5.41, 5.74) is 6.21. The summed E-state index contributed by atoms with van der Waals surface area (Å²) >= 11 is 12.1. The van der Waals surface area contributed by atoms with Gasteiger partial charge in [0.05, 0.1) is 15.7 Å². The molecule has 22 heavy (non-hydrogen) atoms. The van der Waals surface area contributed by atoms with Gasteiger partial charge < -0.3 is 16.0 Å². The number of carbonyl (C=O) groups excluding carboxylic acids is 1. The topological polar surface area (TPSA) is 58.4 Å². The monoisotopic (exact) mass is 365 g/mol. The molecule has 1 aromatic rings. The number of rotatable bonds is 5. The Morgan fingerprint density at radius 3 is 2.68 bits per heavy atom. The first kappa shape index (κ1) is 19.5. The van der Waals surface area contributed by atoms with Crippen LogP contribution in [0.5, 0.6) is 0 Å². The second kappa shape index (κ2) is 9.58. The number of nitrogens with one attached hydrogen (secondary N) is 1. The molecule has 1 aliphatic heterocycles. The van der Waals surface area contributed by atoms with Crippen LogP contribution in [0, 0.1) is 5.92 Å². The molecule has 1 aromatic carbocycles. The molecule has 0 aliphatic carbocycles. The fraction of sp³-hybridized carbons (Fsp3) is 0.533. The van der Waals surface area contributed by atoms with Gasteiger partial charge in [-0.3, -0.25) is 4.79 Å². The first-order chi connectivity index (χ1) is 10.1. The molecule has 0 aromatic heterocycles. The van der Waals surface area contributed by atoms with Crippen molar-refractivity contribution in [3.8, 4) is 0 Å². The quantitative estimate of drug-likeness (QED) is 0.839. The Kier molecular flexibility index (Phi) is 8.50. The summed E-state index contributed by atoms with van der Waals surface area (Å²) in [6.45, 7) is 3.48. The van der Waals surface area contributed by atoms with Crippen molar-refractivity contribution in [2.24, 2.45) is 11.7 Å². The number of likely N-dealkylation sites (tertiary alicyclic amines) is 1. The highest BCUT2D eigenvalue weighted by atomic mass is 35.5. The van der Waals surface area contributed by atoms with Gasteiger partial charge in [-0.15, -0.1) is 12.4 Å². The van der Waals surface area contributed by atoms with Crippen LogP contribution in [0.2, 0.25) is 10.0 Å². The molecular formula is C15H22Cl3N3O. The van der Waals surface area contributed by atoms with Crippen molar-refractivity contribution >= 4 is 47.2 Å². The van der Waals surface area contributed by atoms with Gasteiger partial charge in [-0.2, -0.15) is 0 Å². The molecule has 1 atom stereocenters. The molecule has 1 fully saturated rings. The number of hydrogen-bond donors (Lipinski definition) is 2. The second-order valence-corrected chi connectivity index (χ2v) is 6.25. The zero-order valence-corrected chi connectivity index (χ0v) is 14.7. The Morgan fingerprint density at radius 2 is 2.05 bits per heavy atom. The largest absolute Gasteiger partial charge is 0.330 e. The predicted octanol–water partition coefficient (Wildman–Crippen LogP) is 3.41. The summed E-state index contributed by atoms with van der Waals surface area (Å²) in [4.78, 5) is 14.3. The standard InChI is InChI=1S/C15H21Cl2N3O.ClH/c16-12-4-1-5-13(17)15(12)19-14(21)6-8-20-7-2-3-11(9-18)10-20;/h1,4-5,11H,2-3,6-10,18H2,(H,19,21);1H. The van der Waals surface area contributed by atoms with Crippen LogP contribution in [-0.4, -0.2) is 37.0 Å². The molecule has 0 radical (unpaired) electrons. The molecule has 1 saturated heterocycles. The molecule has 124 valence electrons. The summed E-state index contributed by atoms with van der Waals surface area (Å²) in [5, 5.41) is 3.70. The highest BCUT2D eigenvalue weighted by Crippen LogP contribution is 2.29. The third-order valence-electron chi connectivity index (χ3n) is 3.82. The average molecular weight is 367 g/mol. The Bertz CT molecular complexity index is 479. The van der Waals surface area contributed by atoms with Crippen LogP contribution < -0.4 is 11.1 Å². The Balaban J connectivity index is 0.00000242. The molecule has 0 spiro atoms. The van der Waals surface area contributed by atoms with E-state index < -0.39 is 0 Å². The van der Waals surface area contributed by atoms with Crippen molar-refractivity contribution < 1.29 is 4.79 Å². The third-order valence-corrected chi connectivity index (χ3v) is 4.45. The van der Waals surface area contributed by atoms with Gasteiger partial charge >= 0.3 is 0 Å². The van der Waals surface area contributed by atoms with Gasteiger partial charge in [0.25, 0.3) is 0 Å². The number of piperidine rings is 1. The van der Waals surface area contributed by atoms with Gasteiger partial charge in [-0.25, -0.2) is 0 Å². The van der Waals surface area contributed by atoms with Crippen molar-refractivity contribution in [2.75, 3.05) is 31.5 Å². The minimum absolute atomic E-state index is 0. The van der Waals surface area contributed by atoms with Crippen LogP contribution >= 0.6 is 35.6 Å². The molecule has 2 rings (SSSR count). The van der Waals surface area contributed by atoms with E-state index >= 15 is 0 Å². The summed E-state index contributed by atoms with van der Waals surface area (Å²) in [6.07, 6.45) is 2.77. The Hall–Kier alpha value is -0.520. The molecule has 1 unspecified atom stereocenters. The number of amides is 1. The molecule has 1 amide bonds. The second-order valence-electron chi connectivity index (χ2n) is 5.44. The molecule has 7 heteroatoms. The summed E-state index contributed by atoms with van der Waals surface area (Å²) in [6, 6.07) is 5.17. The van der Waals surface area contributed by atoms with Crippen molar-refractivity contribution in [3.63, 3.8) is 0 Å². The van der Waals surface area contributed by atoms with Crippen LogP contribution in [0.15, 0.2) is 18.2 Å². The lowest BCUT2D eigenvalue weighted by Crippen LogP contribution is -2.39. The van der Waals surface area contributed by atoms with E-state index in [2.05, 4.69) is 10.2 Å². The van der Waals surface area contributed by atoms with E-state index in [-0.39, 0.29) is 18.3 Å². The smallest absolute Gasteiger partial charge is 0.225 e. The van der Waals surface area contributed by atoms with E-state index in [0.29, 0.717) is 28.1 Å². The number of para-hydroxylation sites is 1. The number of hydrogen-bond acceptors (Lipinski definition) is 3. The highest BCUT2D eigenvalue weighted by Gasteiger charge is 2.19. The number of halogens is 3. The maximum atomic E-state index is 12.0. The van der Waals surface area contributed by atoms with Crippen LogP contribution in [-0.2, 0) is 4.79 Å². The van der Waals surface area contributed by atoms with E-state index in [0.717, 1.165) is 32.6 Å². The first-order valence-electron chi connectivity index (χ1n) is 7.26. The zero-order chi connectivity index (χ0) is 15.2. The van der Waals surface area contributed by atoms with Gasteiger partial charge in [-0.1, -0.05) is 29.3 Å². The summed E-state index contributed by atoms with van der Waals surface area (Å²) in [7, 11) is 0. The number of nitrogens with zero attached hydrogens (tertiary/aromatic N) is 1. The van der Waals surface area contributed by atoms with E-state index in [9.17, 15) is 4.79 Å². The fourth-order valence-corrected chi connectivity index (χ4v) is 3.12. The predicted molar refractivity (Wildman–Crippen MR) is 95.2 cm³/mol. The van der Waals surface area contributed by atoms with Gasteiger partial charge in [0.15, 0.2) is 0 Å². The maximum absolute atomic E-state index is 12.0. The summed E-state index contributed by atoms with van der Waals surface area (Å²) < 4.78 is 0. The molecular weight excluding hydrogens is 345 g/mol. The minimum atomic E-state index is -0.0696. The number of carbonyl (C=O) groups is 1. The van der Waals surface area contributed by atoms with E-state index in [1.165, 1.54) is 6.42 Å². The Labute approximate surface area is 147 Å². The molecule has 1 aliphatic rings. The lowest BCUT2D eigenvalue weighted by molar-refractivity contribution is -0.116. The molecule has 3 N–H and O–H groups in total. The minimum Gasteiger partial charge on any atom is -0.330 e. The van der Waals surface area contributed by atoms with E-state index in [1.54, 1.807) is 18.2 Å². The zero-order valence-electron chi connectivity index (χ0n) is 12.4. The molecule has 0 saturated carbocycles. The van der Waals surface area contributed by atoms with E-state index in [1.807, 2.05) is 0 Å². The van der Waals surface area contributed by atoms with Crippen molar-refractivity contribution in [1.82, 2.24) is 4.90 Å². The van der Waals surface area contributed by atoms with Gasteiger partial charge in [-0.05, 0) is 44.0 Å². The average Bonchev–Trinajstić information content (AvgIpc) is 2.49. The van der Waals surface area contributed by atoms with Crippen LogP contribution in [0.25, 0.3) is 0 Å².